The standard InChI is InChI=1S/C14H18N4O4S/c19-10-14(20)18-7-5-17(6-8-18)9-13-15-11-3-1-2-4-12(11)23(21,22)16-13/h1-4,19H,5-10H2,(H,15,16). The number of sulfonamides is 1. The van der Waals surface area contributed by atoms with E-state index in [0.29, 0.717) is 44.2 Å². The van der Waals surface area contributed by atoms with Gasteiger partial charge in [0.25, 0.3) is 10.0 Å². The van der Waals surface area contributed by atoms with E-state index in [0.717, 1.165) is 0 Å². The number of carbonyl (C=O) groups is 1. The van der Waals surface area contributed by atoms with Gasteiger partial charge in [-0.3, -0.25) is 9.69 Å². The van der Waals surface area contributed by atoms with Gasteiger partial charge in [0.2, 0.25) is 5.91 Å². The third-order valence-corrected chi connectivity index (χ3v) is 5.28. The number of amidine groups is 1. The van der Waals surface area contributed by atoms with Gasteiger partial charge in [0, 0.05) is 26.2 Å². The summed E-state index contributed by atoms with van der Waals surface area (Å²) in [5.74, 6) is 0.0971. The van der Waals surface area contributed by atoms with Crippen molar-refractivity contribution in [1.82, 2.24) is 9.80 Å². The molecule has 2 aliphatic heterocycles. The quantitative estimate of drug-likeness (QED) is 0.758. The Balaban J connectivity index is 1.67. The van der Waals surface area contributed by atoms with Crippen LogP contribution in [0.5, 0.6) is 0 Å². The molecule has 0 saturated carbocycles. The van der Waals surface area contributed by atoms with Gasteiger partial charge < -0.3 is 15.3 Å². The molecule has 0 aliphatic carbocycles. The number of rotatable bonds is 3. The number of nitrogens with one attached hydrogen (secondary N) is 1. The molecule has 23 heavy (non-hydrogen) atoms. The highest BCUT2D eigenvalue weighted by Gasteiger charge is 2.27. The van der Waals surface area contributed by atoms with E-state index in [1.807, 2.05) is 4.90 Å². The van der Waals surface area contributed by atoms with Crippen LogP contribution >= 0.6 is 0 Å². The number of aliphatic hydroxyl groups is 1. The van der Waals surface area contributed by atoms with Crippen LogP contribution in [0.3, 0.4) is 0 Å². The lowest BCUT2D eigenvalue weighted by molar-refractivity contribution is -0.135. The Morgan fingerprint density at radius 2 is 1.91 bits per heavy atom. The maximum Gasteiger partial charge on any atom is 0.286 e. The molecule has 0 bridgehead atoms. The van der Waals surface area contributed by atoms with Crippen molar-refractivity contribution in [3.63, 3.8) is 0 Å². The number of aliphatic hydroxyl groups excluding tert-OH is 1. The van der Waals surface area contributed by atoms with Crippen molar-refractivity contribution in [3.05, 3.63) is 24.3 Å². The number of fused-ring (bicyclic) bond motifs is 1. The largest absolute Gasteiger partial charge is 0.387 e. The van der Waals surface area contributed by atoms with E-state index in [2.05, 4.69) is 9.71 Å². The number of carbonyl (C=O) groups excluding carboxylic acids is 1. The Labute approximate surface area is 134 Å². The summed E-state index contributed by atoms with van der Waals surface area (Å²) in [6.45, 7) is 2.12. The zero-order valence-electron chi connectivity index (χ0n) is 12.5. The summed E-state index contributed by atoms with van der Waals surface area (Å²) in [4.78, 5) is 15.2. The predicted octanol–water partition coefficient (Wildman–Crippen LogP) is -0.664. The van der Waals surface area contributed by atoms with Gasteiger partial charge in [-0.05, 0) is 12.1 Å². The van der Waals surface area contributed by atoms with Gasteiger partial charge in [-0.25, -0.2) is 0 Å². The van der Waals surface area contributed by atoms with Crippen molar-refractivity contribution >= 4 is 27.5 Å². The van der Waals surface area contributed by atoms with Crippen LogP contribution in [0.15, 0.2) is 33.6 Å². The summed E-state index contributed by atoms with van der Waals surface area (Å²) in [7, 11) is -3.67. The maximum absolute atomic E-state index is 12.2. The summed E-state index contributed by atoms with van der Waals surface area (Å²) < 4.78 is 28.2. The Morgan fingerprint density at radius 1 is 1.22 bits per heavy atom. The lowest BCUT2D eigenvalue weighted by atomic mass is 10.3. The fourth-order valence-corrected chi connectivity index (χ4v) is 3.84. The molecule has 1 fully saturated rings. The first-order valence-electron chi connectivity index (χ1n) is 7.30. The number of nitrogens with zero attached hydrogens (tertiary/aromatic N) is 3. The van der Waals surface area contributed by atoms with E-state index in [9.17, 15) is 13.2 Å². The minimum atomic E-state index is -3.67. The second-order valence-corrected chi connectivity index (χ2v) is 7.02. The molecule has 0 aromatic heterocycles. The lowest BCUT2D eigenvalue weighted by Crippen LogP contribution is -2.51. The highest BCUT2D eigenvalue weighted by atomic mass is 32.2. The van der Waals surface area contributed by atoms with Crippen LogP contribution in [0.1, 0.15) is 0 Å². The first-order chi connectivity index (χ1) is 11.0. The molecule has 2 aliphatic rings. The average Bonchev–Trinajstić information content (AvgIpc) is 2.54. The van der Waals surface area contributed by atoms with Gasteiger partial charge in [-0.15, -0.1) is 4.40 Å². The summed E-state index contributed by atoms with van der Waals surface area (Å²) in [5.41, 5.74) is 0.534. The van der Waals surface area contributed by atoms with Crippen LogP contribution in [0.2, 0.25) is 0 Å². The van der Waals surface area contributed by atoms with Gasteiger partial charge in [-0.1, -0.05) is 12.1 Å². The molecule has 1 aromatic carbocycles. The van der Waals surface area contributed by atoms with Crippen molar-refractivity contribution < 1.29 is 18.3 Å². The molecule has 0 spiro atoms. The van der Waals surface area contributed by atoms with Crippen LogP contribution in [-0.4, -0.2) is 74.4 Å². The molecule has 8 nitrogen and oxygen atoms in total. The van der Waals surface area contributed by atoms with Gasteiger partial charge >= 0.3 is 0 Å². The van der Waals surface area contributed by atoms with Crippen LogP contribution in [0.4, 0.5) is 5.69 Å². The van der Waals surface area contributed by atoms with Crippen molar-refractivity contribution in [3.8, 4) is 0 Å². The summed E-state index contributed by atoms with van der Waals surface area (Å²) in [6, 6.07) is 6.66. The molecule has 1 saturated heterocycles. The number of amides is 1. The van der Waals surface area contributed by atoms with E-state index >= 15 is 0 Å². The summed E-state index contributed by atoms with van der Waals surface area (Å²) >= 11 is 0. The van der Waals surface area contributed by atoms with Crippen LogP contribution in [-0.2, 0) is 14.8 Å². The molecule has 3 rings (SSSR count). The Morgan fingerprint density at radius 3 is 2.61 bits per heavy atom. The highest BCUT2D eigenvalue weighted by Crippen LogP contribution is 2.26. The van der Waals surface area contributed by atoms with E-state index in [1.54, 1.807) is 23.1 Å². The predicted molar refractivity (Wildman–Crippen MR) is 84.8 cm³/mol. The second kappa shape index (κ2) is 6.26. The number of hydrogen-bond acceptors (Lipinski definition) is 6. The Hall–Kier alpha value is -1.97. The van der Waals surface area contributed by atoms with Crippen LogP contribution < -0.4 is 5.32 Å². The smallest absolute Gasteiger partial charge is 0.286 e. The third-order valence-electron chi connectivity index (χ3n) is 3.91. The fourth-order valence-electron chi connectivity index (χ4n) is 2.70. The normalized spacial score (nSPS) is 20.4. The van der Waals surface area contributed by atoms with Gasteiger partial charge in [-0.2, -0.15) is 8.42 Å². The van der Waals surface area contributed by atoms with Crippen molar-refractivity contribution in [1.29, 1.82) is 0 Å². The average molecular weight is 338 g/mol. The van der Waals surface area contributed by atoms with Gasteiger partial charge in [0.1, 0.15) is 17.3 Å². The molecular formula is C14H18N4O4S. The van der Waals surface area contributed by atoms with E-state index in [-0.39, 0.29) is 10.8 Å². The number of para-hydroxylation sites is 1. The minimum Gasteiger partial charge on any atom is -0.387 e. The number of anilines is 1. The summed E-state index contributed by atoms with van der Waals surface area (Å²) in [5, 5.41) is 11.9. The molecule has 0 unspecified atom stereocenters. The van der Waals surface area contributed by atoms with Crippen molar-refractivity contribution in [2.24, 2.45) is 4.40 Å². The first-order valence-corrected chi connectivity index (χ1v) is 8.74. The maximum atomic E-state index is 12.2. The second-order valence-electron chi connectivity index (χ2n) is 5.45. The van der Waals surface area contributed by atoms with Crippen molar-refractivity contribution in [2.45, 2.75) is 4.90 Å². The molecule has 9 heteroatoms. The van der Waals surface area contributed by atoms with E-state index in [4.69, 9.17) is 5.11 Å². The minimum absolute atomic E-state index is 0.183. The lowest BCUT2D eigenvalue weighted by Gasteiger charge is -2.34. The third kappa shape index (κ3) is 3.36. The Bertz CT molecular complexity index is 739. The molecule has 0 radical (unpaired) electrons. The Kier molecular flexibility index (Phi) is 4.33. The molecule has 124 valence electrons. The molecule has 1 aromatic rings. The number of piperazine rings is 1. The van der Waals surface area contributed by atoms with E-state index < -0.39 is 16.6 Å². The molecule has 1 amide bonds. The topological polar surface area (TPSA) is 102 Å². The SMILES string of the molecule is O=C(CO)N1CCN(CC2=NS(=O)(=O)c3ccccc3N2)CC1. The summed E-state index contributed by atoms with van der Waals surface area (Å²) in [6.07, 6.45) is 0. The van der Waals surface area contributed by atoms with Crippen LogP contribution in [0, 0.1) is 0 Å². The molecular weight excluding hydrogens is 320 g/mol. The van der Waals surface area contributed by atoms with Gasteiger partial charge in [0.15, 0.2) is 0 Å². The number of benzene rings is 1. The monoisotopic (exact) mass is 338 g/mol. The molecule has 0 atom stereocenters. The zero-order valence-corrected chi connectivity index (χ0v) is 13.3. The molecule has 2 N–H and O–H groups in total. The van der Waals surface area contributed by atoms with E-state index in [1.165, 1.54) is 6.07 Å². The fraction of sp³-hybridized carbons (Fsp3) is 0.429. The van der Waals surface area contributed by atoms with Crippen molar-refractivity contribution in [2.75, 3.05) is 44.6 Å². The zero-order chi connectivity index (χ0) is 16.4. The highest BCUT2D eigenvalue weighted by molar-refractivity contribution is 7.90. The number of hydrogen-bond donors (Lipinski definition) is 2. The molecule has 2 heterocycles. The van der Waals surface area contributed by atoms with Crippen LogP contribution in [0.25, 0.3) is 0 Å². The van der Waals surface area contributed by atoms with Gasteiger partial charge in [0.05, 0.1) is 12.2 Å². The first kappa shape index (κ1) is 15.9.